The van der Waals surface area contributed by atoms with Crippen molar-refractivity contribution in [3.05, 3.63) is 46.9 Å². The zero-order valence-electron chi connectivity index (χ0n) is 14.6. The Bertz CT molecular complexity index is 879. The maximum Gasteiger partial charge on any atom is 0.273 e. The number of amides is 1. The monoisotopic (exact) mass is 387 g/mol. The van der Waals surface area contributed by atoms with Crippen molar-refractivity contribution in [3.63, 3.8) is 0 Å². The smallest absolute Gasteiger partial charge is 0.273 e. The van der Waals surface area contributed by atoms with Crippen LogP contribution in [0.1, 0.15) is 32.2 Å². The van der Waals surface area contributed by atoms with Gasteiger partial charge in [0.2, 0.25) is 5.91 Å². The summed E-state index contributed by atoms with van der Waals surface area (Å²) in [5.74, 6) is 0.355. The highest BCUT2D eigenvalue weighted by molar-refractivity contribution is 8.00. The van der Waals surface area contributed by atoms with E-state index in [1.165, 1.54) is 17.8 Å². The van der Waals surface area contributed by atoms with Crippen molar-refractivity contribution in [2.45, 2.75) is 47.5 Å². The van der Waals surface area contributed by atoms with Crippen LogP contribution in [0.4, 0.5) is 5.69 Å². The van der Waals surface area contributed by atoms with E-state index < -0.39 is 0 Å². The lowest BCUT2D eigenvalue weighted by atomic mass is 10.2. The van der Waals surface area contributed by atoms with Crippen molar-refractivity contribution in [2.24, 2.45) is 0 Å². The van der Waals surface area contributed by atoms with Gasteiger partial charge in [-0.2, -0.15) is 4.98 Å². The molecule has 2 aliphatic rings. The van der Waals surface area contributed by atoms with Crippen LogP contribution < -0.4 is 10.5 Å². The molecule has 1 aliphatic carbocycles. The molecule has 7 heteroatoms. The Kier molecular flexibility index (Phi) is 5.09. The lowest BCUT2D eigenvalue weighted by molar-refractivity contribution is -0.116. The second-order valence-electron chi connectivity index (χ2n) is 6.71. The number of rotatable bonds is 4. The van der Waals surface area contributed by atoms with Crippen LogP contribution in [-0.4, -0.2) is 33.0 Å². The maximum absolute atomic E-state index is 13.0. The number of thioether (sulfide) groups is 2. The van der Waals surface area contributed by atoms with Gasteiger partial charge in [0, 0.05) is 35.0 Å². The highest BCUT2D eigenvalue weighted by Gasteiger charge is 2.27. The molecule has 0 saturated heterocycles. The Labute approximate surface area is 161 Å². The van der Waals surface area contributed by atoms with Crippen LogP contribution in [0, 0.1) is 0 Å². The van der Waals surface area contributed by atoms with Gasteiger partial charge in [0.25, 0.3) is 5.56 Å². The summed E-state index contributed by atoms with van der Waals surface area (Å²) in [6.07, 6.45) is 4.99. The summed E-state index contributed by atoms with van der Waals surface area (Å²) in [5, 5.41) is 1.14. The van der Waals surface area contributed by atoms with E-state index in [2.05, 4.69) is 18.0 Å². The molecule has 26 heavy (non-hydrogen) atoms. The molecule has 0 unspecified atom stereocenters. The molecule has 5 nitrogen and oxygen atoms in total. The van der Waals surface area contributed by atoms with Crippen LogP contribution in [0.2, 0.25) is 0 Å². The number of aromatic nitrogens is 2. The van der Waals surface area contributed by atoms with E-state index in [0.717, 1.165) is 36.4 Å². The van der Waals surface area contributed by atoms with Gasteiger partial charge >= 0.3 is 0 Å². The topological polar surface area (TPSA) is 55.2 Å². The number of hydrogen-bond acceptors (Lipinski definition) is 5. The van der Waals surface area contributed by atoms with Crippen molar-refractivity contribution in [2.75, 3.05) is 17.2 Å². The molecule has 0 radical (unpaired) electrons. The Morgan fingerprint density at radius 3 is 2.88 bits per heavy atom. The summed E-state index contributed by atoms with van der Waals surface area (Å²) in [7, 11) is 0. The summed E-state index contributed by atoms with van der Waals surface area (Å²) in [6.45, 7) is 2.93. The molecule has 0 N–H and O–H groups in total. The molecule has 1 aliphatic heterocycles. The normalized spacial score (nSPS) is 19.7. The Balaban J connectivity index is 1.52. The summed E-state index contributed by atoms with van der Waals surface area (Å²) >= 11 is 3.19. The number of benzene rings is 1. The number of para-hydroxylation sites is 1. The Hall–Kier alpha value is -1.73. The van der Waals surface area contributed by atoms with Gasteiger partial charge in [0.15, 0.2) is 5.16 Å². The molecule has 1 fully saturated rings. The van der Waals surface area contributed by atoms with E-state index in [9.17, 15) is 9.59 Å². The maximum atomic E-state index is 13.0. The molecular weight excluding hydrogens is 366 g/mol. The summed E-state index contributed by atoms with van der Waals surface area (Å²) in [5.41, 5.74) is 0.746. The van der Waals surface area contributed by atoms with Crippen molar-refractivity contribution < 1.29 is 4.79 Å². The Morgan fingerprint density at radius 2 is 2.08 bits per heavy atom. The van der Waals surface area contributed by atoms with Gasteiger partial charge in [-0.15, -0.1) is 11.8 Å². The van der Waals surface area contributed by atoms with E-state index in [-0.39, 0.29) is 17.2 Å². The standard InChI is InChI=1S/C19H21N3O2S2/c1-13-8-10-22(15-4-2-3-5-16(15)26-13)18(24)12-25-19-20-17(23)9-11-21(19)14-6-7-14/h2-5,9,11,13-14H,6-8,10,12H2,1H3/t13-/m1/s1. The van der Waals surface area contributed by atoms with Crippen LogP contribution in [0.3, 0.4) is 0 Å². The van der Waals surface area contributed by atoms with Crippen LogP contribution in [-0.2, 0) is 4.79 Å². The van der Waals surface area contributed by atoms with E-state index in [1.54, 1.807) is 6.20 Å². The first-order valence-electron chi connectivity index (χ1n) is 8.90. The number of carbonyl (C=O) groups is 1. The third-order valence-electron chi connectivity index (χ3n) is 4.61. The average Bonchev–Trinajstić information content (AvgIpc) is 3.46. The molecule has 2 heterocycles. The van der Waals surface area contributed by atoms with Crippen LogP contribution in [0.15, 0.2) is 51.4 Å². The minimum Gasteiger partial charge on any atom is -0.324 e. The van der Waals surface area contributed by atoms with Crippen LogP contribution >= 0.6 is 23.5 Å². The van der Waals surface area contributed by atoms with Gasteiger partial charge in [-0.1, -0.05) is 30.8 Å². The molecular formula is C19H21N3O2S2. The quantitative estimate of drug-likeness (QED) is 0.593. The summed E-state index contributed by atoms with van der Waals surface area (Å²) in [4.78, 5) is 31.8. The molecule has 1 aromatic carbocycles. The molecule has 4 rings (SSSR count). The predicted octanol–water partition coefficient (Wildman–Crippen LogP) is 3.59. The first-order chi connectivity index (χ1) is 12.6. The lowest BCUT2D eigenvalue weighted by Crippen LogP contribution is -2.33. The summed E-state index contributed by atoms with van der Waals surface area (Å²) in [6, 6.07) is 10.0. The van der Waals surface area contributed by atoms with Crippen molar-refractivity contribution in [1.82, 2.24) is 9.55 Å². The van der Waals surface area contributed by atoms with Gasteiger partial charge in [-0.25, -0.2) is 0 Å². The molecule has 1 atom stereocenters. The number of anilines is 1. The minimum absolute atomic E-state index is 0.0672. The molecule has 1 amide bonds. The van der Waals surface area contributed by atoms with Crippen LogP contribution in [0.5, 0.6) is 0 Å². The molecule has 1 aromatic heterocycles. The van der Waals surface area contributed by atoms with Gasteiger partial charge in [0.1, 0.15) is 0 Å². The highest BCUT2D eigenvalue weighted by atomic mass is 32.2. The fourth-order valence-corrected chi connectivity index (χ4v) is 5.12. The number of carbonyl (C=O) groups excluding carboxylic acids is 1. The van der Waals surface area contributed by atoms with Crippen molar-refractivity contribution >= 4 is 35.1 Å². The number of fused-ring (bicyclic) bond motifs is 1. The van der Waals surface area contributed by atoms with Gasteiger partial charge in [0.05, 0.1) is 11.4 Å². The second-order valence-corrected chi connectivity index (χ2v) is 9.13. The molecule has 0 bridgehead atoms. The van der Waals surface area contributed by atoms with Gasteiger partial charge < -0.3 is 9.47 Å². The number of nitrogens with zero attached hydrogens (tertiary/aromatic N) is 3. The van der Waals surface area contributed by atoms with E-state index >= 15 is 0 Å². The van der Waals surface area contributed by atoms with Crippen molar-refractivity contribution in [3.8, 4) is 0 Å². The zero-order valence-corrected chi connectivity index (χ0v) is 16.3. The fourth-order valence-electron chi connectivity index (χ4n) is 3.08. The van der Waals surface area contributed by atoms with Gasteiger partial charge in [-0.05, 0) is 31.4 Å². The molecule has 1 saturated carbocycles. The third kappa shape index (κ3) is 3.83. The van der Waals surface area contributed by atoms with Crippen LogP contribution in [0.25, 0.3) is 0 Å². The summed E-state index contributed by atoms with van der Waals surface area (Å²) < 4.78 is 2.04. The molecule has 0 spiro atoms. The SMILES string of the molecule is C[C@@H]1CCN(C(=O)CSc2nc(=O)ccn2C2CC2)c2ccccc2S1. The first kappa shape index (κ1) is 17.7. The highest BCUT2D eigenvalue weighted by Crippen LogP contribution is 2.39. The lowest BCUT2D eigenvalue weighted by Gasteiger charge is -2.22. The first-order valence-corrected chi connectivity index (χ1v) is 10.8. The zero-order chi connectivity index (χ0) is 18.1. The van der Waals surface area contributed by atoms with E-state index in [1.807, 2.05) is 39.4 Å². The largest absolute Gasteiger partial charge is 0.324 e. The van der Waals surface area contributed by atoms with Crippen molar-refractivity contribution in [1.29, 1.82) is 0 Å². The third-order valence-corrected chi connectivity index (χ3v) is 6.80. The second kappa shape index (κ2) is 7.48. The average molecular weight is 388 g/mol. The minimum atomic E-state index is -0.248. The Morgan fingerprint density at radius 1 is 1.27 bits per heavy atom. The predicted molar refractivity (Wildman–Crippen MR) is 106 cm³/mol. The fraction of sp³-hybridized carbons (Fsp3) is 0.421. The van der Waals surface area contributed by atoms with Gasteiger partial charge in [-0.3, -0.25) is 9.59 Å². The number of hydrogen-bond donors (Lipinski definition) is 0. The molecule has 136 valence electrons. The molecule has 2 aromatic rings. The van der Waals surface area contributed by atoms with E-state index in [4.69, 9.17) is 0 Å². The van der Waals surface area contributed by atoms with E-state index in [0.29, 0.717) is 16.4 Å².